The molecule has 5 saturated carbocycles. The number of benzene rings is 1. The van der Waals surface area contributed by atoms with Crippen molar-refractivity contribution < 1.29 is 9.53 Å². The molecule has 4 bridgehead atoms. The van der Waals surface area contributed by atoms with Crippen LogP contribution in [-0.4, -0.2) is 25.7 Å². The fraction of sp³-hybridized carbons (Fsp3) is 0.708. The van der Waals surface area contributed by atoms with Crippen LogP contribution in [0, 0.1) is 29.1 Å². The van der Waals surface area contributed by atoms with Crippen LogP contribution in [0.3, 0.4) is 0 Å². The van der Waals surface area contributed by atoms with Crippen molar-refractivity contribution in [3.8, 4) is 0 Å². The van der Waals surface area contributed by atoms with Crippen molar-refractivity contribution in [2.45, 2.75) is 63.3 Å². The largest absolute Gasteiger partial charge is 0.468 e. The van der Waals surface area contributed by atoms with Crippen molar-refractivity contribution in [3.05, 3.63) is 35.9 Å². The Balaban J connectivity index is 1.27. The maximum Gasteiger partial charge on any atom is 0.316 e. The third-order valence-electron chi connectivity index (χ3n) is 8.62. The van der Waals surface area contributed by atoms with Gasteiger partial charge in [-0.1, -0.05) is 30.3 Å². The molecule has 1 aromatic carbocycles. The molecule has 5 fully saturated rings. The molecular weight excluding hydrogens is 334 g/mol. The minimum Gasteiger partial charge on any atom is -0.468 e. The number of nitrogens with one attached hydrogen (secondary N) is 1. The summed E-state index contributed by atoms with van der Waals surface area (Å²) < 4.78 is 5.20. The molecule has 3 heteroatoms. The minimum atomic E-state index is -0.426. The number of carbonyl (C=O) groups excluding carboxylic acids is 1. The Morgan fingerprint density at radius 1 is 1.07 bits per heavy atom. The average molecular weight is 368 g/mol. The summed E-state index contributed by atoms with van der Waals surface area (Å²) in [7, 11) is 1.52. The van der Waals surface area contributed by atoms with Crippen molar-refractivity contribution in [2.75, 3.05) is 13.7 Å². The predicted molar refractivity (Wildman–Crippen MR) is 106 cm³/mol. The lowest BCUT2D eigenvalue weighted by atomic mass is 9.48. The van der Waals surface area contributed by atoms with Gasteiger partial charge in [0.25, 0.3) is 0 Å². The van der Waals surface area contributed by atoms with Crippen molar-refractivity contribution in [1.82, 2.24) is 5.32 Å². The van der Waals surface area contributed by atoms with Gasteiger partial charge in [-0.3, -0.25) is 4.79 Å². The molecule has 0 saturated heterocycles. The molecule has 1 unspecified atom stereocenters. The van der Waals surface area contributed by atoms with Crippen LogP contribution in [0.25, 0.3) is 0 Å². The second-order valence-corrected chi connectivity index (χ2v) is 10.1. The molecule has 3 atom stereocenters. The molecular formula is C24H33NO2. The summed E-state index contributed by atoms with van der Waals surface area (Å²) in [5, 5.41) is 3.90. The van der Waals surface area contributed by atoms with E-state index in [1.165, 1.54) is 45.6 Å². The van der Waals surface area contributed by atoms with E-state index < -0.39 is 5.41 Å². The summed E-state index contributed by atoms with van der Waals surface area (Å²) in [6.07, 6.45) is 9.68. The molecule has 6 rings (SSSR count). The van der Waals surface area contributed by atoms with Gasteiger partial charge >= 0.3 is 5.97 Å². The lowest BCUT2D eigenvalue weighted by Crippen LogP contribution is -2.55. The lowest BCUT2D eigenvalue weighted by Gasteiger charge is -2.59. The molecule has 3 nitrogen and oxygen atoms in total. The molecule has 0 aliphatic heterocycles. The monoisotopic (exact) mass is 367 g/mol. The second-order valence-electron chi connectivity index (χ2n) is 10.1. The summed E-state index contributed by atoms with van der Waals surface area (Å²) in [5.41, 5.74) is 1.21. The van der Waals surface area contributed by atoms with Crippen molar-refractivity contribution in [1.29, 1.82) is 0 Å². The van der Waals surface area contributed by atoms with Crippen LogP contribution in [0.2, 0.25) is 0 Å². The number of hydrogen-bond acceptors (Lipinski definition) is 3. The minimum absolute atomic E-state index is 0.0667. The SMILES string of the molecule is COC(=O)[C@@]1(c2ccccc2)C[C@H]1CNC(C)C12CC3CC(CC(C3)C1)C2. The normalized spacial score (nSPS) is 42.7. The molecule has 27 heavy (non-hydrogen) atoms. The van der Waals surface area contributed by atoms with Crippen LogP contribution >= 0.6 is 0 Å². The highest BCUT2D eigenvalue weighted by Crippen LogP contribution is 2.61. The quantitative estimate of drug-likeness (QED) is 0.762. The molecule has 0 aromatic heterocycles. The Hall–Kier alpha value is -1.35. The van der Waals surface area contributed by atoms with E-state index in [0.29, 0.717) is 17.4 Å². The van der Waals surface area contributed by atoms with Gasteiger partial charge in [-0.15, -0.1) is 0 Å². The van der Waals surface area contributed by atoms with Gasteiger partial charge in [0.2, 0.25) is 0 Å². The number of rotatable bonds is 6. The fourth-order valence-corrected chi connectivity index (χ4v) is 7.46. The molecule has 0 amide bonds. The standard InChI is InChI=1S/C24H33NO2/c1-16(23-11-17-8-18(12-23)10-19(9-17)13-23)25-15-21-14-24(21,22(26)27-2)20-6-4-3-5-7-20/h3-7,16-19,21,25H,8-15H2,1-2H3/t16?,17?,18?,19?,21-,23?,24+/m0/s1. The van der Waals surface area contributed by atoms with Gasteiger partial charge in [0.15, 0.2) is 0 Å². The van der Waals surface area contributed by atoms with Crippen molar-refractivity contribution in [3.63, 3.8) is 0 Å². The van der Waals surface area contributed by atoms with Crippen LogP contribution < -0.4 is 5.32 Å². The first-order chi connectivity index (χ1) is 13.1. The third kappa shape index (κ3) is 2.76. The highest BCUT2D eigenvalue weighted by molar-refractivity contribution is 5.87. The molecule has 0 spiro atoms. The van der Waals surface area contributed by atoms with Crippen molar-refractivity contribution in [2.24, 2.45) is 29.1 Å². The Morgan fingerprint density at radius 2 is 1.67 bits per heavy atom. The third-order valence-corrected chi connectivity index (χ3v) is 8.62. The summed E-state index contributed by atoms with van der Waals surface area (Å²) in [5.74, 6) is 3.24. The van der Waals surface area contributed by atoms with E-state index in [1.807, 2.05) is 18.2 Å². The van der Waals surface area contributed by atoms with Gasteiger partial charge < -0.3 is 10.1 Å². The first-order valence-electron chi connectivity index (χ1n) is 10.9. The fourth-order valence-electron chi connectivity index (χ4n) is 7.46. The Bertz CT molecular complexity index is 679. The Labute approximate surface area is 163 Å². The van der Waals surface area contributed by atoms with Crippen LogP contribution in [0.4, 0.5) is 0 Å². The van der Waals surface area contributed by atoms with E-state index in [2.05, 4.69) is 24.4 Å². The number of hydrogen-bond donors (Lipinski definition) is 1. The van der Waals surface area contributed by atoms with Crippen LogP contribution in [0.15, 0.2) is 30.3 Å². The van der Waals surface area contributed by atoms with Gasteiger partial charge in [0.05, 0.1) is 12.5 Å². The van der Waals surface area contributed by atoms with Gasteiger partial charge in [-0.2, -0.15) is 0 Å². The van der Waals surface area contributed by atoms with E-state index in [4.69, 9.17) is 4.74 Å². The molecule has 5 aliphatic carbocycles. The van der Waals surface area contributed by atoms with Gasteiger partial charge in [-0.05, 0) is 93.1 Å². The van der Waals surface area contributed by atoms with Crippen LogP contribution in [0.5, 0.6) is 0 Å². The zero-order chi connectivity index (χ0) is 18.6. The van der Waals surface area contributed by atoms with Gasteiger partial charge in [0.1, 0.15) is 0 Å². The zero-order valence-electron chi connectivity index (χ0n) is 16.7. The highest BCUT2D eigenvalue weighted by Gasteiger charge is 2.62. The summed E-state index contributed by atoms with van der Waals surface area (Å²) in [4.78, 5) is 12.6. The topological polar surface area (TPSA) is 38.3 Å². The van der Waals surface area contributed by atoms with Crippen molar-refractivity contribution >= 4 is 5.97 Å². The summed E-state index contributed by atoms with van der Waals surface area (Å²) >= 11 is 0. The molecule has 5 aliphatic rings. The number of esters is 1. The molecule has 1 N–H and O–H groups in total. The molecule has 0 heterocycles. The smallest absolute Gasteiger partial charge is 0.316 e. The second kappa shape index (κ2) is 6.34. The number of carbonyl (C=O) groups is 1. The molecule has 146 valence electrons. The molecule has 0 radical (unpaired) electrons. The number of ether oxygens (including phenoxy) is 1. The van der Waals surface area contributed by atoms with Crippen LogP contribution in [0.1, 0.15) is 57.4 Å². The number of methoxy groups -OCH3 is 1. The maximum absolute atomic E-state index is 12.6. The van der Waals surface area contributed by atoms with E-state index in [0.717, 1.165) is 36.3 Å². The lowest BCUT2D eigenvalue weighted by molar-refractivity contribution is -0.144. The van der Waals surface area contributed by atoms with E-state index in [-0.39, 0.29) is 5.97 Å². The first-order valence-corrected chi connectivity index (χ1v) is 10.9. The first kappa shape index (κ1) is 17.7. The van der Waals surface area contributed by atoms with E-state index in [1.54, 1.807) is 0 Å². The van der Waals surface area contributed by atoms with Crippen LogP contribution in [-0.2, 0) is 14.9 Å². The van der Waals surface area contributed by atoms with E-state index in [9.17, 15) is 4.79 Å². The zero-order valence-corrected chi connectivity index (χ0v) is 16.7. The summed E-state index contributed by atoms with van der Waals surface area (Å²) in [6.45, 7) is 3.34. The average Bonchev–Trinajstić information content (AvgIpc) is 3.40. The van der Waals surface area contributed by atoms with Gasteiger partial charge in [-0.25, -0.2) is 0 Å². The maximum atomic E-state index is 12.6. The molecule has 1 aromatic rings. The van der Waals surface area contributed by atoms with Gasteiger partial charge in [0, 0.05) is 6.04 Å². The van der Waals surface area contributed by atoms with E-state index >= 15 is 0 Å². The predicted octanol–water partition coefficient (Wildman–Crippen LogP) is 4.31. The Morgan fingerprint density at radius 3 is 2.22 bits per heavy atom. The summed E-state index contributed by atoms with van der Waals surface area (Å²) in [6, 6.07) is 10.8. The highest BCUT2D eigenvalue weighted by atomic mass is 16.5. The Kier molecular flexibility index (Phi) is 4.16.